The molecule has 2 rings (SSSR count). The van der Waals surface area contributed by atoms with Gasteiger partial charge >= 0.3 is 0 Å². The van der Waals surface area contributed by atoms with E-state index in [2.05, 4.69) is 61.7 Å². The van der Waals surface area contributed by atoms with Crippen molar-refractivity contribution in [2.75, 3.05) is 30.3 Å². The highest BCUT2D eigenvalue weighted by atomic mass is 16.5. The van der Waals surface area contributed by atoms with Gasteiger partial charge in [0.25, 0.3) is 0 Å². The molecule has 22 heavy (non-hydrogen) atoms. The van der Waals surface area contributed by atoms with E-state index in [-0.39, 0.29) is 0 Å². The molecular weight excluding hydrogens is 272 g/mol. The van der Waals surface area contributed by atoms with Crippen LogP contribution in [0.1, 0.15) is 24.5 Å². The van der Waals surface area contributed by atoms with Crippen LogP contribution in [-0.4, -0.2) is 19.7 Å². The van der Waals surface area contributed by atoms with E-state index in [4.69, 9.17) is 4.74 Å². The van der Waals surface area contributed by atoms with Crippen molar-refractivity contribution in [3.05, 3.63) is 53.6 Å². The Kier molecular flexibility index (Phi) is 6.13. The molecule has 0 saturated heterocycles. The van der Waals surface area contributed by atoms with Crippen LogP contribution in [0.3, 0.4) is 0 Å². The molecule has 0 aliphatic heterocycles. The highest BCUT2D eigenvalue weighted by Crippen LogP contribution is 2.16. The largest absolute Gasteiger partial charge is 0.494 e. The van der Waals surface area contributed by atoms with Crippen LogP contribution in [0.25, 0.3) is 0 Å². The molecule has 0 aliphatic rings. The Morgan fingerprint density at radius 2 is 1.41 bits per heavy atom. The summed E-state index contributed by atoms with van der Waals surface area (Å²) in [4.78, 5) is 0. The fourth-order valence-corrected chi connectivity index (χ4v) is 2.38. The Morgan fingerprint density at radius 1 is 0.818 bits per heavy atom. The topological polar surface area (TPSA) is 33.3 Å². The van der Waals surface area contributed by atoms with Crippen molar-refractivity contribution in [2.24, 2.45) is 0 Å². The molecule has 2 aromatic rings. The van der Waals surface area contributed by atoms with Gasteiger partial charge in [0, 0.05) is 24.5 Å². The SMILES string of the molecule is CCCOc1ccc(NCCNc2cc(C)cc(C)c2)cc1. The minimum absolute atomic E-state index is 0.770. The van der Waals surface area contributed by atoms with Crippen molar-refractivity contribution in [2.45, 2.75) is 27.2 Å². The first-order valence-electron chi connectivity index (χ1n) is 7.96. The Bertz CT molecular complexity index is 558. The van der Waals surface area contributed by atoms with E-state index in [1.807, 2.05) is 12.1 Å². The molecule has 0 radical (unpaired) electrons. The van der Waals surface area contributed by atoms with Gasteiger partial charge in [-0.15, -0.1) is 0 Å². The van der Waals surface area contributed by atoms with Crippen LogP contribution in [0.15, 0.2) is 42.5 Å². The van der Waals surface area contributed by atoms with Gasteiger partial charge in [0.15, 0.2) is 0 Å². The van der Waals surface area contributed by atoms with E-state index >= 15 is 0 Å². The number of aryl methyl sites for hydroxylation is 2. The summed E-state index contributed by atoms with van der Waals surface area (Å²) < 4.78 is 5.58. The van der Waals surface area contributed by atoms with E-state index in [0.29, 0.717) is 0 Å². The van der Waals surface area contributed by atoms with Crippen molar-refractivity contribution in [1.29, 1.82) is 0 Å². The molecule has 0 fully saturated rings. The second-order valence-electron chi connectivity index (χ2n) is 5.60. The number of benzene rings is 2. The van der Waals surface area contributed by atoms with Crippen LogP contribution in [-0.2, 0) is 0 Å². The van der Waals surface area contributed by atoms with Crippen LogP contribution in [0, 0.1) is 13.8 Å². The van der Waals surface area contributed by atoms with Crippen molar-refractivity contribution in [3.63, 3.8) is 0 Å². The van der Waals surface area contributed by atoms with E-state index in [0.717, 1.165) is 37.6 Å². The van der Waals surface area contributed by atoms with Gasteiger partial charge in [-0.2, -0.15) is 0 Å². The van der Waals surface area contributed by atoms with Gasteiger partial charge in [0.2, 0.25) is 0 Å². The van der Waals surface area contributed by atoms with Crippen LogP contribution < -0.4 is 15.4 Å². The number of ether oxygens (including phenoxy) is 1. The Morgan fingerprint density at radius 3 is 2.00 bits per heavy atom. The molecule has 3 nitrogen and oxygen atoms in total. The Labute approximate surface area is 133 Å². The summed E-state index contributed by atoms with van der Waals surface area (Å²) in [7, 11) is 0. The fourth-order valence-electron chi connectivity index (χ4n) is 2.38. The molecule has 0 spiro atoms. The molecule has 3 heteroatoms. The summed E-state index contributed by atoms with van der Waals surface area (Å²) in [5.74, 6) is 0.931. The molecule has 0 bridgehead atoms. The van der Waals surface area contributed by atoms with Crippen LogP contribution in [0.2, 0.25) is 0 Å². The van der Waals surface area contributed by atoms with Gasteiger partial charge < -0.3 is 15.4 Å². The molecule has 2 N–H and O–H groups in total. The standard InChI is InChI=1S/C19H26N2O/c1-4-11-22-19-7-5-17(6-8-19)20-9-10-21-18-13-15(2)12-16(3)14-18/h5-8,12-14,20-21H,4,9-11H2,1-3H3. The van der Waals surface area contributed by atoms with Gasteiger partial charge in [-0.3, -0.25) is 0 Å². The smallest absolute Gasteiger partial charge is 0.119 e. The van der Waals surface area contributed by atoms with Crippen molar-refractivity contribution >= 4 is 11.4 Å². The van der Waals surface area contributed by atoms with Gasteiger partial charge in [0.05, 0.1) is 6.61 Å². The normalized spacial score (nSPS) is 10.3. The van der Waals surface area contributed by atoms with E-state index in [1.54, 1.807) is 0 Å². The molecule has 0 aromatic heterocycles. The van der Waals surface area contributed by atoms with E-state index in [9.17, 15) is 0 Å². The minimum atomic E-state index is 0.770. The number of hydrogen-bond acceptors (Lipinski definition) is 3. The average molecular weight is 298 g/mol. The quantitative estimate of drug-likeness (QED) is 0.698. The maximum Gasteiger partial charge on any atom is 0.119 e. The first kappa shape index (κ1) is 16.2. The summed E-state index contributed by atoms with van der Waals surface area (Å²) in [6.45, 7) is 8.89. The third-order valence-electron chi connectivity index (χ3n) is 3.33. The lowest BCUT2D eigenvalue weighted by molar-refractivity contribution is 0.317. The third-order valence-corrected chi connectivity index (χ3v) is 3.33. The zero-order valence-electron chi connectivity index (χ0n) is 13.8. The monoisotopic (exact) mass is 298 g/mol. The zero-order valence-corrected chi connectivity index (χ0v) is 13.8. The number of nitrogens with one attached hydrogen (secondary N) is 2. The fraction of sp³-hybridized carbons (Fsp3) is 0.368. The lowest BCUT2D eigenvalue weighted by Gasteiger charge is -2.11. The maximum atomic E-state index is 5.58. The predicted molar refractivity (Wildman–Crippen MR) is 95.1 cm³/mol. The van der Waals surface area contributed by atoms with Gasteiger partial charge in [-0.05, 0) is 67.8 Å². The van der Waals surface area contributed by atoms with E-state index < -0.39 is 0 Å². The van der Waals surface area contributed by atoms with Gasteiger partial charge in [0.1, 0.15) is 5.75 Å². The molecule has 0 amide bonds. The predicted octanol–water partition coefficient (Wildman–Crippen LogP) is 4.62. The minimum Gasteiger partial charge on any atom is -0.494 e. The maximum absolute atomic E-state index is 5.58. The van der Waals surface area contributed by atoms with E-state index in [1.165, 1.54) is 16.8 Å². The lowest BCUT2D eigenvalue weighted by Crippen LogP contribution is -2.13. The zero-order chi connectivity index (χ0) is 15.8. The molecule has 118 valence electrons. The Balaban J connectivity index is 1.74. The molecule has 0 aliphatic carbocycles. The first-order valence-corrected chi connectivity index (χ1v) is 7.96. The van der Waals surface area contributed by atoms with Gasteiger partial charge in [-0.25, -0.2) is 0 Å². The summed E-state index contributed by atoms with van der Waals surface area (Å²) in [5, 5.41) is 6.86. The summed E-state index contributed by atoms with van der Waals surface area (Å²) in [5.41, 5.74) is 4.88. The second kappa shape index (κ2) is 8.32. The summed E-state index contributed by atoms with van der Waals surface area (Å²) in [6, 6.07) is 14.7. The molecule has 0 atom stereocenters. The van der Waals surface area contributed by atoms with Crippen molar-refractivity contribution in [1.82, 2.24) is 0 Å². The second-order valence-corrected chi connectivity index (χ2v) is 5.60. The number of rotatable bonds is 8. The molecule has 2 aromatic carbocycles. The highest BCUT2D eigenvalue weighted by molar-refractivity contribution is 5.49. The molecule has 0 unspecified atom stereocenters. The summed E-state index contributed by atoms with van der Waals surface area (Å²) >= 11 is 0. The van der Waals surface area contributed by atoms with Gasteiger partial charge in [-0.1, -0.05) is 13.0 Å². The molecular formula is C19H26N2O. The lowest BCUT2D eigenvalue weighted by atomic mass is 10.1. The van der Waals surface area contributed by atoms with Crippen LogP contribution >= 0.6 is 0 Å². The highest BCUT2D eigenvalue weighted by Gasteiger charge is 1.97. The Hall–Kier alpha value is -2.16. The number of anilines is 2. The van der Waals surface area contributed by atoms with Crippen LogP contribution in [0.4, 0.5) is 11.4 Å². The third kappa shape index (κ3) is 5.32. The van der Waals surface area contributed by atoms with Crippen LogP contribution in [0.5, 0.6) is 5.75 Å². The average Bonchev–Trinajstić information content (AvgIpc) is 2.50. The van der Waals surface area contributed by atoms with Crippen molar-refractivity contribution in [3.8, 4) is 5.75 Å². The molecule has 0 heterocycles. The summed E-state index contributed by atoms with van der Waals surface area (Å²) in [6.07, 6.45) is 1.03. The number of hydrogen-bond donors (Lipinski definition) is 2. The molecule has 0 saturated carbocycles. The van der Waals surface area contributed by atoms with Crippen molar-refractivity contribution < 1.29 is 4.74 Å². The first-order chi connectivity index (χ1) is 10.7.